The molecular weight excluding hydrogens is 356 g/mol. The van der Waals surface area contributed by atoms with E-state index in [9.17, 15) is 0 Å². The minimum atomic E-state index is 0.446. The number of ether oxygens (including phenoxy) is 2. The van der Waals surface area contributed by atoms with Crippen LogP contribution in [0.15, 0.2) is 83.3 Å². The zero-order valence-electron chi connectivity index (χ0n) is 14.8. The Hall–Kier alpha value is -3.11. The van der Waals surface area contributed by atoms with Crippen molar-refractivity contribution in [1.82, 2.24) is 0 Å². The highest BCUT2D eigenvalue weighted by molar-refractivity contribution is 7.71. The molecule has 1 heterocycles. The molecule has 0 saturated heterocycles. The van der Waals surface area contributed by atoms with Crippen molar-refractivity contribution in [1.29, 1.82) is 0 Å². The molecule has 134 valence electrons. The van der Waals surface area contributed by atoms with Crippen LogP contribution in [0.5, 0.6) is 11.5 Å². The molecule has 0 bridgehead atoms. The van der Waals surface area contributed by atoms with Crippen LogP contribution >= 0.6 is 12.2 Å². The van der Waals surface area contributed by atoms with Crippen molar-refractivity contribution in [3.63, 3.8) is 0 Å². The van der Waals surface area contributed by atoms with Gasteiger partial charge >= 0.3 is 0 Å². The maximum atomic E-state index is 6.17. The van der Waals surface area contributed by atoms with Crippen molar-refractivity contribution in [3.05, 3.63) is 88.9 Å². The summed E-state index contributed by atoms with van der Waals surface area (Å²) in [6, 6.07) is 25.5. The average molecular weight is 374 g/mol. The van der Waals surface area contributed by atoms with Crippen molar-refractivity contribution in [2.24, 2.45) is 0 Å². The van der Waals surface area contributed by atoms with E-state index in [2.05, 4.69) is 0 Å². The molecule has 1 aromatic heterocycles. The van der Waals surface area contributed by atoms with Crippen LogP contribution in [0.25, 0.3) is 22.3 Å². The predicted molar refractivity (Wildman–Crippen MR) is 110 cm³/mol. The van der Waals surface area contributed by atoms with Gasteiger partial charge in [-0.15, -0.1) is 0 Å². The fourth-order valence-electron chi connectivity index (χ4n) is 2.96. The summed E-state index contributed by atoms with van der Waals surface area (Å²) < 4.78 is 18.5. The molecule has 0 unspecified atom stereocenters. The molecule has 4 heteroatoms. The molecule has 0 saturated carbocycles. The maximum Gasteiger partial charge on any atom is 0.204 e. The zero-order valence-corrected chi connectivity index (χ0v) is 15.7. The normalized spacial score (nSPS) is 10.7. The fourth-order valence-corrected chi connectivity index (χ4v) is 3.23. The summed E-state index contributed by atoms with van der Waals surface area (Å²) in [6.07, 6.45) is 0. The lowest BCUT2D eigenvalue weighted by Crippen LogP contribution is -1.98. The lowest BCUT2D eigenvalue weighted by atomic mass is 10.1. The first-order chi connectivity index (χ1) is 13.3. The number of hydrogen-bond acceptors (Lipinski definition) is 4. The molecule has 3 nitrogen and oxygen atoms in total. The van der Waals surface area contributed by atoms with E-state index < -0.39 is 0 Å². The first-order valence-corrected chi connectivity index (χ1v) is 9.04. The first-order valence-electron chi connectivity index (χ1n) is 8.63. The van der Waals surface area contributed by atoms with Crippen molar-refractivity contribution in [2.45, 2.75) is 6.61 Å². The number of fused-ring (bicyclic) bond motifs is 1. The van der Waals surface area contributed by atoms with Gasteiger partial charge in [-0.05, 0) is 17.7 Å². The summed E-state index contributed by atoms with van der Waals surface area (Å²) in [6.45, 7) is 0.446. The highest BCUT2D eigenvalue weighted by atomic mass is 32.1. The van der Waals surface area contributed by atoms with Crippen molar-refractivity contribution in [3.8, 4) is 22.8 Å². The van der Waals surface area contributed by atoms with Gasteiger partial charge in [0.15, 0.2) is 11.3 Å². The third kappa shape index (κ3) is 3.57. The minimum Gasteiger partial charge on any atom is -0.490 e. The lowest BCUT2D eigenvalue weighted by molar-refractivity contribution is 0.284. The van der Waals surface area contributed by atoms with Gasteiger partial charge in [-0.1, -0.05) is 72.9 Å². The van der Waals surface area contributed by atoms with Gasteiger partial charge in [-0.3, -0.25) is 0 Å². The Morgan fingerprint density at radius 1 is 0.889 bits per heavy atom. The molecule has 4 rings (SSSR count). The highest BCUT2D eigenvalue weighted by Crippen LogP contribution is 2.38. The largest absolute Gasteiger partial charge is 0.490 e. The molecule has 0 radical (unpaired) electrons. The topological polar surface area (TPSA) is 31.6 Å². The van der Waals surface area contributed by atoms with Gasteiger partial charge < -0.3 is 13.9 Å². The Balaban J connectivity index is 1.79. The summed E-state index contributed by atoms with van der Waals surface area (Å²) in [5, 5.41) is 0.827. The third-order valence-electron chi connectivity index (χ3n) is 4.32. The second-order valence-electron chi connectivity index (χ2n) is 6.09. The Labute approximate surface area is 162 Å². The van der Waals surface area contributed by atoms with Crippen LogP contribution < -0.4 is 9.47 Å². The second kappa shape index (κ2) is 7.64. The Bertz CT molecular complexity index is 1120. The first kappa shape index (κ1) is 17.3. The van der Waals surface area contributed by atoms with Gasteiger partial charge in [0.2, 0.25) is 5.75 Å². The second-order valence-corrected chi connectivity index (χ2v) is 6.53. The molecule has 0 aliphatic rings. The maximum absolute atomic E-state index is 6.17. The molecular formula is C23H18O3S. The Morgan fingerprint density at radius 2 is 1.59 bits per heavy atom. The van der Waals surface area contributed by atoms with E-state index >= 15 is 0 Å². The molecule has 27 heavy (non-hydrogen) atoms. The summed E-state index contributed by atoms with van der Waals surface area (Å²) >= 11 is 5.58. The van der Waals surface area contributed by atoms with Crippen LogP contribution in [-0.4, -0.2) is 7.11 Å². The van der Waals surface area contributed by atoms with E-state index in [-0.39, 0.29) is 0 Å². The molecule has 0 atom stereocenters. The quantitative estimate of drug-likeness (QED) is 0.377. The monoisotopic (exact) mass is 374 g/mol. The minimum absolute atomic E-state index is 0.446. The molecule has 0 amide bonds. The highest BCUT2D eigenvalue weighted by Gasteiger charge is 2.15. The number of rotatable bonds is 5. The van der Waals surface area contributed by atoms with Gasteiger partial charge in [0.1, 0.15) is 12.4 Å². The number of benzene rings is 3. The third-order valence-corrected chi connectivity index (χ3v) is 4.65. The predicted octanol–water partition coefficient (Wildman–Crippen LogP) is 6.42. The molecule has 4 aromatic rings. The van der Waals surface area contributed by atoms with Gasteiger partial charge in [0.25, 0.3) is 0 Å². The van der Waals surface area contributed by atoms with Crippen LogP contribution in [0.1, 0.15) is 5.56 Å². The van der Waals surface area contributed by atoms with Crippen LogP contribution in [0.3, 0.4) is 0 Å². The molecule has 0 N–H and O–H groups in total. The molecule has 0 spiro atoms. The molecule has 0 aliphatic heterocycles. The zero-order chi connectivity index (χ0) is 18.6. The lowest BCUT2D eigenvalue weighted by Gasteiger charge is -2.13. The van der Waals surface area contributed by atoms with Gasteiger partial charge in [-0.2, -0.15) is 0 Å². The van der Waals surface area contributed by atoms with Crippen molar-refractivity contribution in [2.75, 3.05) is 7.11 Å². The van der Waals surface area contributed by atoms with Gasteiger partial charge in [0, 0.05) is 17.0 Å². The fraction of sp³-hybridized carbons (Fsp3) is 0.0870. The van der Waals surface area contributed by atoms with Crippen molar-refractivity contribution >= 4 is 23.2 Å². The van der Waals surface area contributed by atoms with E-state index in [1.54, 1.807) is 7.11 Å². The average Bonchev–Trinajstić information content (AvgIpc) is 2.73. The van der Waals surface area contributed by atoms with Gasteiger partial charge in [0.05, 0.1) is 11.6 Å². The number of hydrogen-bond donors (Lipinski definition) is 0. The summed E-state index contributed by atoms with van der Waals surface area (Å²) in [7, 11) is 1.61. The summed E-state index contributed by atoms with van der Waals surface area (Å²) in [5.74, 6) is 1.87. The summed E-state index contributed by atoms with van der Waals surface area (Å²) in [4.78, 5) is 0. The SMILES string of the molecule is COc1c(OCc2ccccc2)ccc2c(=S)cc(-c3ccccc3)oc12. The van der Waals surface area contributed by atoms with Crippen molar-refractivity contribution < 1.29 is 13.9 Å². The Kier molecular flexibility index (Phi) is 4.90. The van der Waals surface area contributed by atoms with E-state index in [0.29, 0.717) is 34.0 Å². The standard InChI is InChI=1S/C23H18O3S/c1-24-23-19(25-15-16-8-4-2-5-9-16)13-12-18-21(27)14-20(26-22(18)23)17-10-6-3-7-11-17/h2-14H,15H2,1H3. The van der Waals surface area contributed by atoms with Gasteiger partial charge in [-0.25, -0.2) is 0 Å². The smallest absolute Gasteiger partial charge is 0.204 e. The van der Waals surface area contributed by atoms with Crippen LogP contribution in [-0.2, 0) is 6.61 Å². The van der Waals surface area contributed by atoms with Crippen LogP contribution in [0.4, 0.5) is 0 Å². The molecule has 0 fully saturated rings. The molecule has 3 aromatic carbocycles. The van der Waals surface area contributed by atoms with E-state index in [1.165, 1.54) is 0 Å². The van der Waals surface area contributed by atoms with E-state index in [1.807, 2.05) is 78.9 Å². The van der Waals surface area contributed by atoms with Crippen LogP contribution in [0.2, 0.25) is 0 Å². The van der Waals surface area contributed by atoms with Crippen LogP contribution in [0, 0.1) is 4.51 Å². The Morgan fingerprint density at radius 3 is 2.30 bits per heavy atom. The van der Waals surface area contributed by atoms with E-state index in [0.717, 1.165) is 16.5 Å². The number of methoxy groups -OCH3 is 1. The molecule has 0 aliphatic carbocycles. The summed E-state index contributed by atoms with van der Waals surface area (Å²) in [5.41, 5.74) is 2.64. The van der Waals surface area contributed by atoms with E-state index in [4.69, 9.17) is 26.1 Å².